The Bertz CT molecular complexity index is 909. The van der Waals surface area contributed by atoms with Crippen LogP contribution in [0.5, 0.6) is 0 Å². The summed E-state index contributed by atoms with van der Waals surface area (Å²) in [4.78, 5) is 14.5. The third kappa shape index (κ3) is 2.58. The van der Waals surface area contributed by atoms with E-state index in [1.165, 1.54) is 0 Å². The number of nitrogens with zero attached hydrogens (tertiary/aromatic N) is 6. The Balaban J connectivity index is 1.58. The molecule has 3 aromatic rings. The van der Waals surface area contributed by atoms with Crippen LogP contribution in [-0.4, -0.2) is 41.7 Å². The normalized spacial score (nSPS) is 18.0. The Morgan fingerprint density at radius 3 is 3.08 bits per heavy atom. The van der Waals surface area contributed by atoms with Gasteiger partial charge in [-0.25, -0.2) is 0 Å². The van der Waals surface area contributed by atoms with Crippen molar-refractivity contribution in [2.45, 2.75) is 18.9 Å². The molecule has 0 N–H and O–H groups in total. The molecule has 3 aromatic heterocycles. The minimum Gasteiger partial charge on any atom is -0.329 e. The van der Waals surface area contributed by atoms with E-state index >= 15 is 0 Å². The molecular formula is C17H18N6O. The molecular weight excluding hydrogens is 304 g/mol. The van der Waals surface area contributed by atoms with Gasteiger partial charge in [0.25, 0.3) is 0 Å². The van der Waals surface area contributed by atoms with Crippen LogP contribution in [0, 0.1) is 0 Å². The smallest absolute Gasteiger partial charge is 0.247 e. The lowest BCUT2D eigenvalue weighted by Gasteiger charge is -2.22. The molecule has 0 aromatic carbocycles. The van der Waals surface area contributed by atoms with Gasteiger partial charge in [-0.2, -0.15) is 5.10 Å². The highest BCUT2D eigenvalue weighted by atomic mass is 16.2. The largest absolute Gasteiger partial charge is 0.329 e. The van der Waals surface area contributed by atoms with E-state index in [9.17, 15) is 4.79 Å². The molecule has 1 fully saturated rings. The molecule has 122 valence electrons. The lowest BCUT2D eigenvalue weighted by Crippen LogP contribution is -2.30. The molecule has 4 rings (SSSR count). The maximum atomic E-state index is 12.6. The molecule has 1 atom stereocenters. The van der Waals surface area contributed by atoms with Crippen molar-refractivity contribution in [2.75, 3.05) is 6.54 Å². The summed E-state index contributed by atoms with van der Waals surface area (Å²) >= 11 is 0. The van der Waals surface area contributed by atoms with Crippen LogP contribution >= 0.6 is 0 Å². The van der Waals surface area contributed by atoms with Gasteiger partial charge in [-0.15, -0.1) is 10.2 Å². The Kier molecular flexibility index (Phi) is 3.60. The molecule has 1 amide bonds. The van der Waals surface area contributed by atoms with E-state index in [4.69, 9.17) is 0 Å². The molecule has 0 spiro atoms. The summed E-state index contributed by atoms with van der Waals surface area (Å²) in [7, 11) is 1.85. The third-order valence-corrected chi connectivity index (χ3v) is 4.32. The van der Waals surface area contributed by atoms with Crippen molar-refractivity contribution in [3.05, 3.63) is 54.3 Å². The molecule has 1 saturated heterocycles. The number of hydrogen-bond donors (Lipinski definition) is 0. The van der Waals surface area contributed by atoms with E-state index in [0.717, 1.165) is 36.4 Å². The number of carbonyl (C=O) groups excluding carboxylic acids is 1. The Hall–Kier alpha value is -2.96. The summed E-state index contributed by atoms with van der Waals surface area (Å²) < 4.78 is 3.67. The van der Waals surface area contributed by atoms with E-state index < -0.39 is 0 Å². The third-order valence-electron chi connectivity index (χ3n) is 4.32. The fourth-order valence-electron chi connectivity index (χ4n) is 3.18. The van der Waals surface area contributed by atoms with E-state index in [1.54, 1.807) is 23.0 Å². The second-order valence-corrected chi connectivity index (χ2v) is 5.96. The molecule has 4 heterocycles. The van der Waals surface area contributed by atoms with Gasteiger partial charge in [0.05, 0.1) is 12.2 Å². The average molecular weight is 322 g/mol. The number of pyridine rings is 1. The zero-order valence-corrected chi connectivity index (χ0v) is 13.4. The van der Waals surface area contributed by atoms with Crippen molar-refractivity contribution in [1.82, 2.24) is 29.3 Å². The molecule has 7 heteroatoms. The summed E-state index contributed by atoms with van der Waals surface area (Å²) in [6, 6.07) is 5.76. The second kappa shape index (κ2) is 5.92. The van der Waals surface area contributed by atoms with Crippen LogP contribution in [0.1, 0.15) is 30.3 Å². The predicted molar refractivity (Wildman–Crippen MR) is 88.9 cm³/mol. The van der Waals surface area contributed by atoms with Gasteiger partial charge in [0.2, 0.25) is 5.91 Å². The molecule has 0 bridgehead atoms. The zero-order chi connectivity index (χ0) is 16.5. The van der Waals surface area contributed by atoms with Gasteiger partial charge < -0.3 is 4.90 Å². The number of aryl methyl sites for hydroxylation is 1. The minimum atomic E-state index is -0.0338. The van der Waals surface area contributed by atoms with E-state index in [2.05, 4.69) is 15.3 Å². The van der Waals surface area contributed by atoms with Crippen LogP contribution in [-0.2, 0) is 11.8 Å². The molecule has 0 radical (unpaired) electrons. The van der Waals surface area contributed by atoms with Gasteiger partial charge in [0, 0.05) is 37.6 Å². The van der Waals surface area contributed by atoms with Gasteiger partial charge in [-0.05, 0) is 31.1 Å². The van der Waals surface area contributed by atoms with Crippen molar-refractivity contribution in [2.24, 2.45) is 7.05 Å². The quantitative estimate of drug-likeness (QED) is 0.690. The van der Waals surface area contributed by atoms with Crippen LogP contribution in [0.25, 0.3) is 11.7 Å². The first-order valence-corrected chi connectivity index (χ1v) is 7.99. The molecule has 7 nitrogen and oxygen atoms in total. The number of aromatic nitrogens is 5. The fraction of sp³-hybridized carbons (Fsp3) is 0.294. The Morgan fingerprint density at radius 2 is 2.25 bits per heavy atom. The van der Waals surface area contributed by atoms with Crippen molar-refractivity contribution in [3.63, 3.8) is 0 Å². The topological polar surface area (TPSA) is 68.3 Å². The summed E-state index contributed by atoms with van der Waals surface area (Å²) in [5.74, 6) is 0.820. The summed E-state index contributed by atoms with van der Waals surface area (Å²) in [6.07, 6.45) is 10.8. The number of carbonyl (C=O) groups is 1. The Morgan fingerprint density at radius 1 is 1.33 bits per heavy atom. The zero-order valence-electron chi connectivity index (χ0n) is 13.4. The first kappa shape index (κ1) is 14.6. The maximum absolute atomic E-state index is 12.6. The van der Waals surface area contributed by atoms with Crippen LogP contribution in [0.2, 0.25) is 0 Å². The van der Waals surface area contributed by atoms with Gasteiger partial charge in [0.1, 0.15) is 0 Å². The van der Waals surface area contributed by atoms with Crippen LogP contribution < -0.4 is 0 Å². The number of fused-ring (bicyclic) bond motifs is 1. The predicted octanol–water partition coefficient (Wildman–Crippen LogP) is 1.84. The molecule has 1 aliphatic heterocycles. The van der Waals surface area contributed by atoms with Gasteiger partial charge in [-0.3, -0.25) is 13.9 Å². The van der Waals surface area contributed by atoms with E-state index in [-0.39, 0.29) is 11.9 Å². The monoisotopic (exact) mass is 322 g/mol. The van der Waals surface area contributed by atoms with Crippen LogP contribution in [0.15, 0.2) is 42.9 Å². The van der Waals surface area contributed by atoms with Crippen molar-refractivity contribution in [1.29, 1.82) is 0 Å². The minimum absolute atomic E-state index is 0.00552. The molecule has 1 aliphatic rings. The maximum Gasteiger partial charge on any atom is 0.247 e. The SMILES string of the molecule is Cn1cc(C=CC(=O)N2CCCC2c2nnc3ccccn23)cn1. The first-order valence-electron chi connectivity index (χ1n) is 7.99. The summed E-state index contributed by atoms with van der Waals surface area (Å²) in [5.41, 5.74) is 1.72. The van der Waals surface area contributed by atoms with Gasteiger partial charge in [-0.1, -0.05) is 6.07 Å². The van der Waals surface area contributed by atoms with Crippen LogP contribution in [0.4, 0.5) is 0 Å². The number of likely N-dealkylation sites (tertiary alicyclic amines) is 1. The summed E-state index contributed by atoms with van der Waals surface area (Å²) in [6.45, 7) is 0.739. The first-order chi connectivity index (χ1) is 11.7. The fourth-order valence-corrected chi connectivity index (χ4v) is 3.18. The highest BCUT2D eigenvalue weighted by molar-refractivity contribution is 5.92. The highest BCUT2D eigenvalue weighted by Gasteiger charge is 2.32. The van der Waals surface area contributed by atoms with E-state index in [1.807, 2.05) is 46.9 Å². The van der Waals surface area contributed by atoms with Gasteiger partial charge >= 0.3 is 0 Å². The van der Waals surface area contributed by atoms with Crippen molar-refractivity contribution >= 4 is 17.6 Å². The number of amides is 1. The number of hydrogen-bond acceptors (Lipinski definition) is 4. The van der Waals surface area contributed by atoms with Crippen molar-refractivity contribution in [3.8, 4) is 0 Å². The van der Waals surface area contributed by atoms with Crippen molar-refractivity contribution < 1.29 is 4.79 Å². The number of rotatable bonds is 3. The lowest BCUT2D eigenvalue weighted by molar-refractivity contribution is -0.127. The second-order valence-electron chi connectivity index (χ2n) is 5.96. The molecule has 1 unspecified atom stereocenters. The molecule has 0 saturated carbocycles. The van der Waals surface area contributed by atoms with E-state index in [0.29, 0.717) is 0 Å². The molecule has 0 aliphatic carbocycles. The van der Waals surface area contributed by atoms with Gasteiger partial charge in [0.15, 0.2) is 11.5 Å². The standard InChI is InChI=1S/C17H18N6O/c1-21-12-13(11-18-21)7-8-16(24)22-10-4-5-14(22)17-20-19-15-6-2-3-9-23(15)17/h2-3,6-9,11-12,14H,4-5,10H2,1H3. The van der Waals surface area contributed by atoms with Crippen LogP contribution in [0.3, 0.4) is 0 Å². The lowest BCUT2D eigenvalue weighted by atomic mass is 10.2. The molecule has 24 heavy (non-hydrogen) atoms. The summed E-state index contributed by atoms with van der Waals surface area (Å²) in [5, 5.41) is 12.6. The Labute approximate surface area is 139 Å². The average Bonchev–Trinajstić information content (AvgIpc) is 3.31. The highest BCUT2D eigenvalue weighted by Crippen LogP contribution is 2.31.